The number of hydrogen-bond donors (Lipinski definition) is 1. The van der Waals surface area contributed by atoms with Crippen LogP contribution < -0.4 is 0 Å². The van der Waals surface area contributed by atoms with Crippen LogP contribution in [-0.2, 0) is 12.0 Å². The molecule has 1 aliphatic carbocycles. The van der Waals surface area contributed by atoms with Crippen LogP contribution in [0.1, 0.15) is 31.9 Å². The molecule has 2 aromatic carbocycles. The van der Waals surface area contributed by atoms with E-state index in [0.29, 0.717) is 0 Å². The molecule has 0 saturated carbocycles. The standard InChI is InChI=1S/C16H18O/c1-15(2,3)16(17)10-12-8-4-6-11-7-5-9-13(16)14(11)12/h4-9,17H,10H2,1-3H3. The van der Waals surface area contributed by atoms with Gasteiger partial charge in [-0.05, 0) is 27.3 Å². The second-order valence-electron chi connectivity index (χ2n) is 6.11. The van der Waals surface area contributed by atoms with Gasteiger partial charge in [0.1, 0.15) is 0 Å². The Labute approximate surface area is 102 Å². The normalized spacial score (nSPS) is 23.3. The van der Waals surface area contributed by atoms with Crippen molar-refractivity contribution in [2.45, 2.75) is 32.8 Å². The van der Waals surface area contributed by atoms with E-state index < -0.39 is 5.60 Å². The maximum atomic E-state index is 11.1. The maximum absolute atomic E-state index is 11.1. The zero-order valence-corrected chi connectivity index (χ0v) is 10.6. The van der Waals surface area contributed by atoms with E-state index in [1.165, 1.54) is 16.3 Å². The van der Waals surface area contributed by atoms with Gasteiger partial charge in [-0.1, -0.05) is 57.2 Å². The Morgan fingerprint density at radius 1 is 1.06 bits per heavy atom. The first kappa shape index (κ1) is 10.8. The molecule has 0 spiro atoms. The van der Waals surface area contributed by atoms with E-state index in [9.17, 15) is 5.11 Å². The summed E-state index contributed by atoms with van der Waals surface area (Å²) in [6.07, 6.45) is 0.729. The van der Waals surface area contributed by atoms with Gasteiger partial charge in [-0.3, -0.25) is 0 Å². The molecular formula is C16H18O. The van der Waals surface area contributed by atoms with Crippen LogP contribution in [0.15, 0.2) is 36.4 Å². The summed E-state index contributed by atoms with van der Waals surface area (Å²) in [6.45, 7) is 6.33. The van der Waals surface area contributed by atoms with E-state index >= 15 is 0 Å². The number of aliphatic hydroxyl groups is 1. The van der Waals surface area contributed by atoms with Gasteiger partial charge in [0, 0.05) is 6.42 Å². The number of benzene rings is 2. The molecule has 1 N–H and O–H groups in total. The van der Waals surface area contributed by atoms with Crippen LogP contribution in [-0.4, -0.2) is 5.11 Å². The Morgan fingerprint density at radius 2 is 1.71 bits per heavy atom. The SMILES string of the molecule is CC(C)(C)C1(O)Cc2cccc3cccc1c23. The van der Waals surface area contributed by atoms with Gasteiger partial charge in [-0.25, -0.2) is 0 Å². The lowest BCUT2D eigenvalue weighted by molar-refractivity contribution is -0.0584. The predicted octanol–water partition coefficient (Wildman–Crippen LogP) is 3.63. The molecular weight excluding hydrogens is 208 g/mol. The van der Waals surface area contributed by atoms with Gasteiger partial charge in [0.15, 0.2) is 0 Å². The molecule has 0 saturated heterocycles. The maximum Gasteiger partial charge on any atom is 0.0990 e. The number of hydrogen-bond acceptors (Lipinski definition) is 1. The van der Waals surface area contributed by atoms with Crippen LogP contribution in [0, 0.1) is 5.41 Å². The molecule has 1 aliphatic rings. The van der Waals surface area contributed by atoms with E-state index in [4.69, 9.17) is 0 Å². The fourth-order valence-corrected chi connectivity index (χ4v) is 2.95. The summed E-state index contributed by atoms with van der Waals surface area (Å²) in [4.78, 5) is 0. The lowest BCUT2D eigenvalue weighted by Crippen LogP contribution is -2.39. The molecule has 0 radical (unpaired) electrons. The number of rotatable bonds is 0. The van der Waals surface area contributed by atoms with E-state index in [1.54, 1.807) is 0 Å². The molecule has 0 fully saturated rings. The second kappa shape index (κ2) is 3.11. The quantitative estimate of drug-likeness (QED) is 0.727. The van der Waals surface area contributed by atoms with Gasteiger partial charge < -0.3 is 5.11 Å². The van der Waals surface area contributed by atoms with Gasteiger partial charge >= 0.3 is 0 Å². The molecule has 1 unspecified atom stereocenters. The smallest absolute Gasteiger partial charge is 0.0990 e. The zero-order valence-electron chi connectivity index (χ0n) is 10.6. The molecule has 1 heteroatoms. The highest BCUT2D eigenvalue weighted by molar-refractivity contribution is 5.92. The third kappa shape index (κ3) is 1.29. The molecule has 2 aromatic rings. The average Bonchev–Trinajstić information content (AvgIpc) is 2.56. The van der Waals surface area contributed by atoms with Crippen molar-refractivity contribution in [1.29, 1.82) is 0 Å². The zero-order chi connectivity index (χ0) is 12.3. The highest BCUT2D eigenvalue weighted by Gasteiger charge is 2.46. The fourth-order valence-electron chi connectivity index (χ4n) is 2.95. The highest BCUT2D eigenvalue weighted by atomic mass is 16.3. The summed E-state index contributed by atoms with van der Waals surface area (Å²) in [5.41, 5.74) is 1.48. The van der Waals surface area contributed by atoms with E-state index in [2.05, 4.69) is 51.1 Å². The molecule has 0 aromatic heterocycles. The van der Waals surface area contributed by atoms with Crippen molar-refractivity contribution >= 4 is 10.8 Å². The van der Waals surface area contributed by atoms with Crippen molar-refractivity contribution in [1.82, 2.24) is 0 Å². The van der Waals surface area contributed by atoms with Gasteiger partial charge in [0.2, 0.25) is 0 Å². The van der Waals surface area contributed by atoms with Crippen LogP contribution in [0.3, 0.4) is 0 Å². The third-order valence-corrected chi connectivity index (χ3v) is 4.12. The highest BCUT2D eigenvalue weighted by Crippen LogP contribution is 2.49. The Morgan fingerprint density at radius 3 is 2.35 bits per heavy atom. The average molecular weight is 226 g/mol. The minimum absolute atomic E-state index is 0.152. The van der Waals surface area contributed by atoms with Gasteiger partial charge in [-0.2, -0.15) is 0 Å². The van der Waals surface area contributed by atoms with Gasteiger partial charge in [0.05, 0.1) is 5.60 Å². The first-order valence-corrected chi connectivity index (χ1v) is 6.17. The summed E-state index contributed by atoms with van der Waals surface area (Å²) in [7, 11) is 0. The van der Waals surface area contributed by atoms with Crippen LogP contribution in [0.4, 0.5) is 0 Å². The molecule has 3 rings (SSSR count). The lowest BCUT2D eigenvalue weighted by atomic mass is 9.72. The van der Waals surface area contributed by atoms with E-state index in [0.717, 1.165) is 12.0 Å². The monoisotopic (exact) mass is 226 g/mol. The minimum Gasteiger partial charge on any atom is -0.384 e. The summed E-state index contributed by atoms with van der Waals surface area (Å²) in [5, 5.41) is 13.6. The third-order valence-electron chi connectivity index (χ3n) is 4.12. The van der Waals surface area contributed by atoms with Gasteiger partial charge in [-0.15, -0.1) is 0 Å². The molecule has 1 atom stereocenters. The largest absolute Gasteiger partial charge is 0.384 e. The van der Waals surface area contributed by atoms with Crippen LogP contribution in [0.2, 0.25) is 0 Å². The Kier molecular flexibility index (Phi) is 1.97. The lowest BCUT2D eigenvalue weighted by Gasteiger charge is -2.38. The van der Waals surface area contributed by atoms with Crippen LogP contribution in [0.25, 0.3) is 10.8 Å². The van der Waals surface area contributed by atoms with E-state index in [-0.39, 0.29) is 5.41 Å². The second-order valence-corrected chi connectivity index (χ2v) is 6.11. The molecule has 0 aliphatic heterocycles. The Hall–Kier alpha value is -1.34. The molecule has 0 amide bonds. The molecule has 0 heterocycles. The first-order valence-electron chi connectivity index (χ1n) is 6.17. The van der Waals surface area contributed by atoms with Crippen LogP contribution >= 0.6 is 0 Å². The Bertz CT molecular complexity index is 587. The van der Waals surface area contributed by atoms with Crippen LogP contribution in [0.5, 0.6) is 0 Å². The molecule has 17 heavy (non-hydrogen) atoms. The topological polar surface area (TPSA) is 20.2 Å². The van der Waals surface area contributed by atoms with Crippen molar-refractivity contribution in [3.63, 3.8) is 0 Å². The van der Waals surface area contributed by atoms with Crippen molar-refractivity contribution in [2.24, 2.45) is 5.41 Å². The predicted molar refractivity (Wildman–Crippen MR) is 71.0 cm³/mol. The Balaban J connectivity index is 2.37. The molecule has 1 nitrogen and oxygen atoms in total. The van der Waals surface area contributed by atoms with Crippen molar-refractivity contribution in [3.8, 4) is 0 Å². The molecule has 88 valence electrons. The summed E-state index contributed by atoms with van der Waals surface area (Å²) in [6, 6.07) is 12.6. The summed E-state index contributed by atoms with van der Waals surface area (Å²) >= 11 is 0. The fraction of sp³-hybridized carbons (Fsp3) is 0.375. The van der Waals surface area contributed by atoms with Crippen molar-refractivity contribution in [3.05, 3.63) is 47.5 Å². The minimum atomic E-state index is -0.740. The summed E-state index contributed by atoms with van der Waals surface area (Å²) in [5.74, 6) is 0. The van der Waals surface area contributed by atoms with Crippen molar-refractivity contribution in [2.75, 3.05) is 0 Å². The summed E-state index contributed by atoms with van der Waals surface area (Å²) < 4.78 is 0. The van der Waals surface area contributed by atoms with Crippen molar-refractivity contribution < 1.29 is 5.11 Å². The van der Waals surface area contributed by atoms with Gasteiger partial charge in [0.25, 0.3) is 0 Å². The molecule has 0 bridgehead atoms. The first-order chi connectivity index (χ1) is 7.93. The van der Waals surface area contributed by atoms with E-state index in [1.807, 2.05) is 6.07 Å².